The molecule has 0 radical (unpaired) electrons. The number of ether oxygens (including phenoxy) is 2. The SMILES string of the molecule is C[C@@H](N)C(=O)Nc1cccc(OCC2CCCO2)c1.Cl. The second-order valence-electron chi connectivity index (χ2n) is 4.75. The molecule has 1 fully saturated rings. The molecule has 112 valence electrons. The van der Waals surface area contributed by atoms with Gasteiger partial charge in [-0.25, -0.2) is 0 Å². The van der Waals surface area contributed by atoms with Crippen molar-refractivity contribution in [2.45, 2.75) is 31.9 Å². The number of hydrogen-bond donors (Lipinski definition) is 2. The first-order chi connectivity index (χ1) is 9.15. The lowest BCUT2D eigenvalue weighted by molar-refractivity contribution is -0.117. The van der Waals surface area contributed by atoms with Gasteiger partial charge in [0.05, 0.1) is 12.1 Å². The number of nitrogens with two attached hydrogens (primary N) is 1. The first-order valence-electron chi connectivity index (χ1n) is 6.56. The third kappa shape index (κ3) is 5.00. The van der Waals surface area contributed by atoms with Gasteiger partial charge in [0.25, 0.3) is 0 Å². The summed E-state index contributed by atoms with van der Waals surface area (Å²) in [6.07, 6.45) is 2.32. The summed E-state index contributed by atoms with van der Waals surface area (Å²) in [6, 6.07) is 6.75. The number of hydrogen-bond acceptors (Lipinski definition) is 4. The van der Waals surface area contributed by atoms with Crippen molar-refractivity contribution in [3.8, 4) is 5.75 Å². The van der Waals surface area contributed by atoms with Crippen LogP contribution in [0.4, 0.5) is 5.69 Å². The highest BCUT2D eigenvalue weighted by atomic mass is 35.5. The summed E-state index contributed by atoms with van der Waals surface area (Å²) in [6.45, 7) is 3.01. The minimum atomic E-state index is -0.531. The van der Waals surface area contributed by atoms with Crippen LogP contribution >= 0.6 is 12.4 Å². The maximum Gasteiger partial charge on any atom is 0.241 e. The number of carbonyl (C=O) groups is 1. The Morgan fingerprint density at radius 1 is 1.60 bits per heavy atom. The Hall–Kier alpha value is -1.30. The van der Waals surface area contributed by atoms with Crippen LogP contribution in [-0.2, 0) is 9.53 Å². The van der Waals surface area contributed by atoms with Gasteiger partial charge in [-0.05, 0) is 31.9 Å². The Balaban J connectivity index is 0.00000200. The van der Waals surface area contributed by atoms with Crippen LogP contribution in [0, 0.1) is 0 Å². The molecule has 1 aromatic carbocycles. The van der Waals surface area contributed by atoms with E-state index < -0.39 is 6.04 Å². The molecule has 0 aliphatic carbocycles. The zero-order valence-corrected chi connectivity index (χ0v) is 12.3. The Labute approximate surface area is 125 Å². The molecule has 1 unspecified atom stereocenters. The molecule has 6 heteroatoms. The van der Waals surface area contributed by atoms with Gasteiger partial charge < -0.3 is 20.5 Å². The number of carbonyl (C=O) groups excluding carboxylic acids is 1. The Morgan fingerprint density at radius 2 is 2.40 bits per heavy atom. The van der Waals surface area contributed by atoms with Gasteiger partial charge >= 0.3 is 0 Å². The third-order valence-corrected chi connectivity index (χ3v) is 2.98. The molecule has 5 nitrogen and oxygen atoms in total. The highest BCUT2D eigenvalue weighted by molar-refractivity contribution is 5.94. The maximum absolute atomic E-state index is 11.5. The molecule has 1 heterocycles. The molecule has 1 aliphatic rings. The summed E-state index contributed by atoms with van der Waals surface area (Å²) < 4.78 is 11.2. The minimum absolute atomic E-state index is 0. The number of rotatable bonds is 5. The lowest BCUT2D eigenvalue weighted by Crippen LogP contribution is -2.32. The van der Waals surface area contributed by atoms with E-state index in [0.717, 1.165) is 25.2 Å². The molecule has 1 aliphatic heterocycles. The molecular weight excluding hydrogens is 280 g/mol. The van der Waals surface area contributed by atoms with E-state index in [2.05, 4.69) is 5.32 Å². The summed E-state index contributed by atoms with van der Waals surface area (Å²) in [5.74, 6) is 0.509. The van der Waals surface area contributed by atoms with Crippen molar-refractivity contribution in [3.63, 3.8) is 0 Å². The molecule has 0 spiro atoms. The first kappa shape index (κ1) is 16.8. The van der Waals surface area contributed by atoms with Gasteiger partial charge in [0.2, 0.25) is 5.91 Å². The van der Waals surface area contributed by atoms with Crippen molar-refractivity contribution in [2.75, 3.05) is 18.5 Å². The summed E-state index contributed by atoms with van der Waals surface area (Å²) >= 11 is 0. The fraction of sp³-hybridized carbons (Fsp3) is 0.500. The van der Waals surface area contributed by atoms with Crippen LogP contribution < -0.4 is 15.8 Å². The Kier molecular flexibility index (Phi) is 6.78. The fourth-order valence-electron chi connectivity index (χ4n) is 1.88. The van der Waals surface area contributed by atoms with Gasteiger partial charge in [-0.15, -0.1) is 12.4 Å². The number of anilines is 1. The van der Waals surface area contributed by atoms with Crippen LogP contribution in [0.3, 0.4) is 0 Å². The van der Waals surface area contributed by atoms with E-state index in [4.69, 9.17) is 15.2 Å². The van der Waals surface area contributed by atoms with Gasteiger partial charge in [0.15, 0.2) is 0 Å². The highest BCUT2D eigenvalue weighted by Gasteiger charge is 2.16. The summed E-state index contributed by atoms with van der Waals surface area (Å²) in [5, 5.41) is 2.73. The van der Waals surface area contributed by atoms with Crippen molar-refractivity contribution in [1.82, 2.24) is 0 Å². The van der Waals surface area contributed by atoms with Gasteiger partial charge in [0, 0.05) is 18.4 Å². The van der Waals surface area contributed by atoms with Crippen LogP contribution in [0.2, 0.25) is 0 Å². The summed E-state index contributed by atoms with van der Waals surface area (Å²) in [7, 11) is 0. The lowest BCUT2D eigenvalue weighted by atomic mass is 10.2. The largest absolute Gasteiger partial charge is 0.491 e. The third-order valence-electron chi connectivity index (χ3n) is 2.98. The van der Waals surface area contributed by atoms with E-state index in [1.807, 2.05) is 12.1 Å². The normalized spacial score (nSPS) is 19.0. The standard InChI is InChI=1S/C14H20N2O3.ClH/c1-10(15)14(17)16-11-4-2-5-12(8-11)19-9-13-6-3-7-18-13;/h2,4-5,8,10,13H,3,6-7,9,15H2,1H3,(H,16,17);1H/t10-,13?;/m1./s1. The molecule has 1 aromatic rings. The molecule has 1 amide bonds. The number of nitrogens with one attached hydrogen (secondary N) is 1. The number of benzene rings is 1. The van der Waals surface area contributed by atoms with Crippen molar-refractivity contribution in [1.29, 1.82) is 0 Å². The van der Waals surface area contributed by atoms with E-state index >= 15 is 0 Å². The zero-order chi connectivity index (χ0) is 13.7. The van der Waals surface area contributed by atoms with E-state index in [1.165, 1.54) is 0 Å². The molecule has 2 atom stereocenters. The van der Waals surface area contributed by atoms with Crippen LogP contribution in [0.25, 0.3) is 0 Å². The molecule has 0 bridgehead atoms. The average molecular weight is 301 g/mol. The van der Waals surface area contributed by atoms with Crippen molar-refractivity contribution in [2.24, 2.45) is 5.73 Å². The van der Waals surface area contributed by atoms with Crippen molar-refractivity contribution >= 4 is 24.0 Å². The quantitative estimate of drug-likeness (QED) is 0.872. The molecular formula is C14H21ClN2O3. The predicted octanol–water partition coefficient (Wildman–Crippen LogP) is 1.95. The van der Waals surface area contributed by atoms with Crippen LogP contribution in [0.1, 0.15) is 19.8 Å². The van der Waals surface area contributed by atoms with Crippen molar-refractivity contribution in [3.05, 3.63) is 24.3 Å². The molecule has 2 rings (SSSR count). The van der Waals surface area contributed by atoms with Crippen molar-refractivity contribution < 1.29 is 14.3 Å². The van der Waals surface area contributed by atoms with Gasteiger partial charge in [-0.1, -0.05) is 6.07 Å². The van der Waals surface area contributed by atoms with Gasteiger partial charge in [0.1, 0.15) is 12.4 Å². The van der Waals surface area contributed by atoms with E-state index in [1.54, 1.807) is 19.1 Å². The Bertz CT molecular complexity index is 434. The van der Waals surface area contributed by atoms with E-state index in [-0.39, 0.29) is 24.4 Å². The molecule has 1 saturated heterocycles. The van der Waals surface area contributed by atoms with Crippen LogP contribution in [-0.4, -0.2) is 31.3 Å². The zero-order valence-electron chi connectivity index (χ0n) is 11.5. The lowest BCUT2D eigenvalue weighted by Gasteiger charge is -2.13. The second-order valence-corrected chi connectivity index (χ2v) is 4.75. The molecule has 3 N–H and O–H groups in total. The topological polar surface area (TPSA) is 73.6 Å². The minimum Gasteiger partial charge on any atom is -0.491 e. The van der Waals surface area contributed by atoms with Crippen LogP contribution in [0.15, 0.2) is 24.3 Å². The van der Waals surface area contributed by atoms with Crippen LogP contribution in [0.5, 0.6) is 5.75 Å². The fourth-order valence-corrected chi connectivity index (χ4v) is 1.88. The second kappa shape index (κ2) is 8.09. The molecule has 0 aromatic heterocycles. The maximum atomic E-state index is 11.5. The number of halogens is 1. The molecule has 0 saturated carbocycles. The monoisotopic (exact) mass is 300 g/mol. The van der Waals surface area contributed by atoms with Gasteiger partial charge in [-0.2, -0.15) is 0 Å². The molecule has 20 heavy (non-hydrogen) atoms. The Morgan fingerprint density at radius 3 is 3.05 bits per heavy atom. The summed E-state index contributed by atoms with van der Waals surface area (Å²) in [4.78, 5) is 11.5. The average Bonchev–Trinajstić information content (AvgIpc) is 2.90. The first-order valence-corrected chi connectivity index (χ1v) is 6.56. The smallest absolute Gasteiger partial charge is 0.241 e. The summed E-state index contributed by atoms with van der Waals surface area (Å²) in [5.41, 5.74) is 6.19. The van der Waals surface area contributed by atoms with E-state index in [9.17, 15) is 4.79 Å². The predicted molar refractivity (Wildman–Crippen MR) is 80.4 cm³/mol. The number of amides is 1. The highest BCUT2D eigenvalue weighted by Crippen LogP contribution is 2.19. The van der Waals surface area contributed by atoms with E-state index in [0.29, 0.717) is 12.3 Å². The van der Waals surface area contributed by atoms with Gasteiger partial charge in [-0.3, -0.25) is 4.79 Å².